The third-order valence-corrected chi connectivity index (χ3v) is 3.97. The van der Waals surface area contributed by atoms with Gasteiger partial charge in [-0.2, -0.15) is 0 Å². The van der Waals surface area contributed by atoms with Crippen molar-refractivity contribution in [3.05, 3.63) is 46.2 Å². The largest absolute Gasteiger partial charge is 0.333 e. The molecular weight excluding hydrogens is 298 g/mol. The van der Waals surface area contributed by atoms with E-state index in [0.717, 1.165) is 10.4 Å². The first kappa shape index (κ1) is 16.0. The molecule has 1 heterocycles. The molecule has 0 bridgehead atoms. The molecule has 0 saturated heterocycles. The highest BCUT2D eigenvalue weighted by Gasteiger charge is 2.07. The van der Waals surface area contributed by atoms with Crippen LogP contribution in [0.5, 0.6) is 0 Å². The molecule has 116 valence electrons. The van der Waals surface area contributed by atoms with E-state index in [4.69, 9.17) is 0 Å². The summed E-state index contributed by atoms with van der Waals surface area (Å²) in [6.45, 7) is 4.19. The Labute approximate surface area is 133 Å². The van der Waals surface area contributed by atoms with Crippen LogP contribution in [0.15, 0.2) is 35.7 Å². The minimum Gasteiger partial charge on any atom is -0.333 e. The first-order valence-corrected chi connectivity index (χ1v) is 7.94. The zero-order valence-electron chi connectivity index (χ0n) is 12.6. The average Bonchev–Trinajstić information content (AvgIpc) is 3.02. The SMILES string of the molecule is CCC(=O)Nc1ccc(C)c(NC(=O)NCc2cccs2)c1. The monoisotopic (exact) mass is 317 g/mol. The molecule has 22 heavy (non-hydrogen) atoms. The number of thiophene rings is 1. The van der Waals surface area contributed by atoms with E-state index in [1.807, 2.05) is 36.6 Å². The van der Waals surface area contributed by atoms with Crippen molar-refractivity contribution in [1.29, 1.82) is 0 Å². The van der Waals surface area contributed by atoms with E-state index >= 15 is 0 Å². The number of hydrogen-bond acceptors (Lipinski definition) is 3. The summed E-state index contributed by atoms with van der Waals surface area (Å²) >= 11 is 1.60. The van der Waals surface area contributed by atoms with Crippen molar-refractivity contribution in [3.63, 3.8) is 0 Å². The number of urea groups is 1. The number of nitrogens with one attached hydrogen (secondary N) is 3. The molecular formula is C16H19N3O2S. The Morgan fingerprint density at radius 2 is 2.00 bits per heavy atom. The highest BCUT2D eigenvalue weighted by Crippen LogP contribution is 2.20. The summed E-state index contributed by atoms with van der Waals surface area (Å²) in [5, 5.41) is 10.4. The van der Waals surface area contributed by atoms with Gasteiger partial charge in [0.2, 0.25) is 5.91 Å². The van der Waals surface area contributed by atoms with Crippen LogP contribution in [-0.2, 0) is 11.3 Å². The summed E-state index contributed by atoms with van der Waals surface area (Å²) in [4.78, 5) is 24.5. The quantitative estimate of drug-likeness (QED) is 0.786. The van der Waals surface area contributed by atoms with E-state index in [1.54, 1.807) is 24.3 Å². The average molecular weight is 317 g/mol. The molecule has 0 aliphatic heterocycles. The van der Waals surface area contributed by atoms with E-state index in [0.29, 0.717) is 24.3 Å². The van der Waals surface area contributed by atoms with Crippen molar-refractivity contribution >= 4 is 34.6 Å². The Morgan fingerprint density at radius 1 is 1.18 bits per heavy atom. The molecule has 0 unspecified atom stereocenters. The first-order valence-electron chi connectivity index (χ1n) is 7.06. The lowest BCUT2D eigenvalue weighted by atomic mass is 10.2. The summed E-state index contributed by atoms with van der Waals surface area (Å²) in [6.07, 6.45) is 0.415. The van der Waals surface area contributed by atoms with Crippen LogP contribution in [0.25, 0.3) is 0 Å². The molecule has 0 aliphatic rings. The van der Waals surface area contributed by atoms with E-state index < -0.39 is 0 Å². The molecule has 2 rings (SSSR count). The normalized spacial score (nSPS) is 10.1. The summed E-state index contributed by atoms with van der Waals surface area (Å²) in [7, 11) is 0. The minimum absolute atomic E-state index is 0.0584. The second-order valence-corrected chi connectivity index (χ2v) is 5.85. The maximum atomic E-state index is 11.9. The number of hydrogen-bond donors (Lipinski definition) is 3. The number of rotatable bonds is 5. The van der Waals surface area contributed by atoms with Crippen molar-refractivity contribution in [1.82, 2.24) is 5.32 Å². The molecule has 0 aliphatic carbocycles. The molecule has 3 N–H and O–H groups in total. The molecule has 0 fully saturated rings. The lowest BCUT2D eigenvalue weighted by molar-refractivity contribution is -0.115. The fraction of sp³-hybridized carbons (Fsp3) is 0.250. The molecule has 1 aromatic heterocycles. The number of carbonyl (C=O) groups excluding carboxylic acids is 2. The van der Waals surface area contributed by atoms with E-state index in [9.17, 15) is 9.59 Å². The smallest absolute Gasteiger partial charge is 0.319 e. The predicted molar refractivity (Wildman–Crippen MR) is 90.3 cm³/mol. The first-order chi connectivity index (χ1) is 10.6. The van der Waals surface area contributed by atoms with Crippen LogP contribution in [0.1, 0.15) is 23.8 Å². The standard InChI is InChI=1S/C16H19N3O2S/c1-3-15(20)18-12-7-6-11(2)14(9-12)19-16(21)17-10-13-5-4-8-22-13/h4-9H,3,10H2,1-2H3,(H,18,20)(H2,17,19,21). The van der Waals surface area contributed by atoms with Crippen LogP contribution < -0.4 is 16.0 Å². The minimum atomic E-state index is -0.268. The molecule has 3 amide bonds. The topological polar surface area (TPSA) is 70.2 Å². The fourth-order valence-electron chi connectivity index (χ4n) is 1.83. The Balaban J connectivity index is 1.97. The van der Waals surface area contributed by atoms with Crippen LogP contribution >= 0.6 is 11.3 Å². The van der Waals surface area contributed by atoms with Crippen molar-refractivity contribution in [3.8, 4) is 0 Å². The van der Waals surface area contributed by atoms with Crippen LogP contribution in [-0.4, -0.2) is 11.9 Å². The lowest BCUT2D eigenvalue weighted by Crippen LogP contribution is -2.28. The highest BCUT2D eigenvalue weighted by molar-refractivity contribution is 7.09. The predicted octanol–water partition coefficient (Wildman–Crippen LogP) is 3.73. The van der Waals surface area contributed by atoms with Crippen molar-refractivity contribution in [2.75, 3.05) is 10.6 Å². The van der Waals surface area contributed by atoms with E-state index in [2.05, 4.69) is 16.0 Å². The van der Waals surface area contributed by atoms with Gasteiger partial charge in [0.15, 0.2) is 0 Å². The molecule has 2 aromatic rings. The summed E-state index contributed by atoms with van der Waals surface area (Å²) in [5.41, 5.74) is 2.28. The van der Waals surface area contributed by atoms with Gasteiger partial charge in [-0.25, -0.2) is 4.79 Å². The Hall–Kier alpha value is -2.34. The van der Waals surface area contributed by atoms with Gasteiger partial charge in [0.1, 0.15) is 0 Å². The second-order valence-electron chi connectivity index (χ2n) is 4.82. The summed E-state index contributed by atoms with van der Waals surface area (Å²) in [6, 6.07) is 9.09. The third kappa shape index (κ3) is 4.60. The summed E-state index contributed by atoms with van der Waals surface area (Å²) in [5.74, 6) is -0.0584. The van der Waals surface area contributed by atoms with Crippen LogP contribution in [0, 0.1) is 6.92 Å². The number of anilines is 2. The number of amides is 3. The van der Waals surface area contributed by atoms with Gasteiger partial charge >= 0.3 is 6.03 Å². The zero-order chi connectivity index (χ0) is 15.9. The van der Waals surface area contributed by atoms with Gasteiger partial charge in [-0.05, 0) is 36.1 Å². The van der Waals surface area contributed by atoms with Crippen LogP contribution in [0.3, 0.4) is 0 Å². The van der Waals surface area contributed by atoms with Crippen molar-refractivity contribution in [2.45, 2.75) is 26.8 Å². The van der Waals surface area contributed by atoms with Gasteiger partial charge in [-0.1, -0.05) is 19.1 Å². The third-order valence-electron chi connectivity index (χ3n) is 3.09. The zero-order valence-corrected chi connectivity index (χ0v) is 13.4. The van der Waals surface area contributed by atoms with Crippen LogP contribution in [0.4, 0.5) is 16.2 Å². The van der Waals surface area contributed by atoms with Gasteiger partial charge in [-0.3, -0.25) is 4.79 Å². The maximum Gasteiger partial charge on any atom is 0.319 e. The van der Waals surface area contributed by atoms with Gasteiger partial charge in [0, 0.05) is 22.7 Å². The number of benzene rings is 1. The van der Waals surface area contributed by atoms with E-state index in [1.165, 1.54) is 0 Å². The maximum absolute atomic E-state index is 11.9. The Morgan fingerprint density at radius 3 is 2.68 bits per heavy atom. The Kier molecular flexibility index (Phi) is 5.55. The molecule has 6 heteroatoms. The Bertz CT molecular complexity index is 653. The van der Waals surface area contributed by atoms with Gasteiger partial charge in [-0.15, -0.1) is 11.3 Å². The molecule has 0 spiro atoms. The number of carbonyl (C=O) groups is 2. The fourth-order valence-corrected chi connectivity index (χ4v) is 2.48. The molecule has 0 radical (unpaired) electrons. The van der Waals surface area contributed by atoms with Gasteiger partial charge < -0.3 is 16.0 Å². The summed E-state index contributed by atoms with van der Waals surface area (Å²) < 4.78 is 0. The highest BCUT2D eigenvalue weighted by atomic mass is 32.1. The van der Waals surface area contributed by atoms with Crippen molar-refractivity contribution in [2.24, 2.45) is 0 Å². The van der Waals surface area contributed by atoms with E-state index in [-0.39, 0.29) is 11.9 Å². The van der Waals surface area contributed by atoms with Crippen molar-refractivity contribution < 1.29 is 9.59 Å². The molecule has 0 atom stereocenters. The molecule has 5 nitrogen and oxygen atoms in total. The number of aryl methyl sites for hydroxylation is 1. The molecule has 1 aromatic carbocycles. The van der Waals surface area contributed by atoms with Crippen LogP contribution in [0.2, 0.25) is 0 Å². The lowest BCUT2D eigenvalue weighted by Gasteiger charge is -2.12. The van der Waals surface area contributed by atoms with Gasteiger partial charge in [0.05, 0.1) is 6.54 Å². The second kappa shape index (κ2) is 7.61. The molecule has 0 saturated carbocycles. The van der Waals surface area contributed by atoms with Gasteiger partial charge in [0.25, 0.3) is 0 Å².